The molecule has 0 aromatic heterocycles. The molecule has 1 saturated carbocycles. The molecule has 1 N–H and O–H groups in total. The van der Waals surface area contributed by atoms with Crippen LogP contribution in [-0.2, 0) is 4.74 Å². The van der Waals surface area contributed by atoms with E-state index >= 15 is 0 Å². The molecule has 2 rings (SSSR count). The molecule has 1 aromatic rings. The Hall–Kier alpha value is -1.46. The lowest BCUT2D eigenvalue weighted by molar-refractivity contribution is -0.385. The van der Waals surface area contributed by atoms with E-state index in [2.05, 4.69) is 5.32 Å². The summed E-state index contributed by atoms with van der Waals surface area (Å²) < 4.78 is 5.77. The quantitative estimate of drug-likeness (QED) is 0.472. The maximum absolute atomic E-state index is 11.0. The maximum atomic E-state index is 11.0. The molecule has 0 spiro atoms. The van der Waals surface area contributed by atoms with Crippen molar-refractivity contribution in [3.05, 3.63) is 39.9 Å². The number of para-hydroxylation sites is 1. The van der Waals surface area contributed by atoms with Gasteiger partial charge >= 0.3 is 0 Å². The fraction of sp³-hybridized carbons (Fsp3) is 0.600. The normalized spacial score (nSPS) is 17.2. The molecule has 1 atom stereocenters. The summed E-state index contributed by atoms with van der Waals surface area (Å²) in [6.45, 7) is 3.32. The minimum atomic E-state index is -0.331. The molecule has 110 valence electrons. The monoisotopic (exact) mass is 278 g/mol. The first-order valence-corrected chi connectivity index (χ1v) is 7.27. The summed E-state index contributed by atoms with van der Waals surface area (Å²) in [7, 11) is 0. The molecule has 20 heavy (non-hydrogen) atoms. The standard InChI is InChI=1S/C15H22N2O3/c1-12(14-8-4-5-9-15(14)17(18)19)16-10-11-20-13-6-2-3-7-13/h4-5,8-9,12-13,16H,2-3,6-7,10-11H2,1H3. The largest absolute Gasteiger partial charge is 0.377 e. The summed E-state index contributed by atoms with van der Waals surface area (Å²) in [5, 5.41) is 14.3. The Morgan fingerprint density at radius 1 is 1.40 bits per heavy atom. The first kappa shape index (κ1) is 14.9. The van der Waals surface area contributed by atoms with Crippen LogP contribution in [0.25, 0.3) is 0 Å². The first-order valence-electron chi connectivity index (χ1n) is 7.27. The van der Waals surface area contributed by atoms with Gasteiger partial charge in [0.1, 0.15) is 0 Å². The van der Waals surface area contributed by atoms with E-state index in [9.17, 15) is 10.1 Å². The van der Waals surface area contributed by atoms with Crippen molar-refractivity contribution in [1.29, 1.82) is 0 Å². The van der Waals surface area contributed by atoms with Gasteiger partial charge in [0, 0.05) is 24.2 Å². The number of nitrogens with zero attached hydrogens (tertiary/aromatic N) is 1. The van der Waals surface area contributed by atoms with Crippen LogP contribution in [0.15, 0.2) is 24.3 Å². The lowest BCUT2D eigenvalue weighted by Gasteiger charge is -2.16. The third-order valence-corrected chi connectivity index (χ3v) is 3.81. The van der Waals surface area contributed by atoms with Crippen LogP contribution in [0, 0.1) is 10.1 Å². The van der Waals surface area contributed by atoms with Gasteiger partial charge < -0.3 is 10.1 Å². The maximum Gasteiger partial charge on any atom is 0.274 e. The van der Waals surface area contributed by atoms with Crippen molar-refractivity contribution < 1.29 is 9.66 Å². The second-order valence-corrected chi connectivity index (χ2v) is 5.27. The second-order valence-electron chi connectivity index (χ2n) is 5.27. The van der Waals surface area contributed by atoms with Gasteiger partial charge in [0.2, 0.25) is 0 Å². The molecular formula is C15H22N2O3. The van der Waals surface area contributed by atoms with Crippen molar-refractivity contribution in [1.82, 2.24) is 5.32 Å². The zero-order chi connectivity index (χ0) is 14.4. The van der Waals surface area contributed by atoms with Gasteiger partial charge in [0.15, 0.2) is 0 Å². The molecular weight excluding hydrogens is 256 g/mol. The summed E-state index contributed by atoms with van der Waals surface area (Å²) >= 11 is 0. The highest BCUT2D eigenvalue weighted by atomic mass is 16.6. The van der Waals surface area contributed by atoms with Crippen LogP contribution in [0.2, 0.25) is 0 Å². The SMILES string of the molecule is CC(NCCOC1CCCC1)c1ccccc1[N+](=O)[O-]. The lowest BCUT2D eigenvalue weighted by Crippen LogP contribution is -2.25. The Bertz CT molecular complexity index is 444. The number of nitrogens with one attached hydrogen (secondary N) is 1. The van der Waals surface area contributed by atoms with E-state index in [0.717, 1.165) is 5.56 Å². The highest BCUT2D eigenvalue weighted by Gasteiger charge is 2.18. The molecule has 1 aliphatic carbocycles. The highest BCUT2D eigenvalue weighted by Crippen LogP contribution is 2.24. The average molecular weight is 278 g/mol. The predicted molar refractivity (Wildman–Crippen MR) is 77.7 cm³/mol. The number of rotatable bonds is 7. The number of hydrogen-bond acceptors (Lipinski definition) is 4. The van der Waals surface area contributed by atoms with Crippen molar-refractivity contribution in [3.8, 4) is 0 Å². The summed E-state index contributed by atoms with van der Waals surface area (Å²) in [6.07, 6.45) is 5.28. The first-order chi connectivity index (χ1) is 9.68. The predicted octanol–water partition coefficient (Wildman–Crippen LogP) is 3.20. The lowest BCUT2D eigenvalue weighted by atomic mass is 10.1. The van der Waals surface area contributed by atoms with Crippen LogP contribution in [0.5, 0.6) is 0 Å². The zero-order valence-corrected chi connectivity index (χ0v) is 11.9. The van der Waals surface area contributed by atoms with Crippen molar-refractivity contribution in [3.63, 3.8) is 0 Å². The van der Waals surface area contributed by atoms with Gasteiger partial charge in [0.05, 0.1) is 17.6 Å². The van der Waals surface area contributed by atoms with Crippen molar-refractivity contribution >= 4 is 5.69 Å². The summed E-state index contributed by atoms with van der Waals surface area (Å²) in [4.78, 5) is 10.7. The van der Waals surface area contributed by atoms with E-state index in [1.54, 1.807) is 18.2 Å². The van der Waals surface area contributed by atoms with Crippen LogP contribution < -0.4 is 5.32 Å². The number of ether oxygens (including phenoxy) is 1. The minimum absolute atomic E-state index is 0.0521. The van der Waals surface area contributed by atoms with Gasteiger partial charge in [-0.05, 0) is 19.8 Å². The molecule has 0 amide bonds. The van der Waals surface area contributed by atoms with Gasteiger partial charge in [-0.15, -0.1) is 0 Å². The van der Waals surface area contributed by atoms with Gasteiger partial charge in [-0.25, -0.2) is 0 Å². The fourth-order valence-corrected chi connectivity index (χ4v) is 2.69. The van der Waals surface area contributed by atoms with E-state index in [1.807, 2.05) is 13.0 Å². The van der Waals surface area contributed by atoms with E-state index in [1.165, 1.54) is 25.7 Å². The minimum Gasteiger partial charge on any atom is -0.377 e. The van der Waals surface area contributed by atoms with Crippen LogP contribution in [0.4, 0.5) is 5.69 Å². The van der Waals surface area contributed by atoms with Gasteiger partial charge in [-0.3, -0.25) is 10.1 Å². The van der Waals surface area contributed by atoms with Gasteiger partial charge in [-0.2, -0.15) is 0 Å². The van der Waals surface area contributed by atoms with E-state index in [4.69, 9.17) is 4.74 Å². The van der Waals surface area contributed by atoms with E-state index < -0.39 is 0 Å². The zero-order valence-electron chi connectivity index (χ0n) is 11.9. The Balaban J connectivity index is 1.79. The van der Waals surface area contributed by atoms with Crippen LogP contribution in [-0.4, -0.2) is 24.2 Å². The van der Waals surface area contributed by atoms with Crippen LogP contribution >= 0.6 is 0 Å². The third kappa shape index (κ3) is 4.02. The summed E-state index contributed by atoms with van der Waals surface area (Å²) in [5.74, 6) is 0. The Morgan fingerprint density at radius 3 is 2.80 bits per heavy atom. The molecule has 1 unspecified atom stereocenters. The van der Waals surface area contributed by atoms with Crippen LogP contribution in [0.3, 0.4) is 0 Å². The Labute approximate surface area is 119 Å². The van der Waals surface area contributed by atoms with Gasteiger partial charge in [-0.1, -0.05) is 31.0 Å². The topological polar surface area (TPSA) is 64.4 Å². The Morgan fingerprint density at radius 2 is 2.10 bits per heavy atom. The molecule has 0 saturated heterocycles. The number of benzene rings is 1. The third-order valence-electron chi connectivity index (χ3n) is 3.81. The van der Waals surface area contributed by atoms with E-state index in [0.29, 0.717) is 19.3 Å². The van der Waals surface area contributed by atoms with Crippen LogP contribution in [0.1, 0.15) is 44.2 Å². The molecule has 0 radical (unpaired) electrons. The van der Waals surface area contributed by atoms with Crippen molar-refractivity contribution in [2.24, 2.45) is 0 Å². The number of nitro benzene ring substituents is 1. The number of nitro groups is 1. The molecule has 5 nitrogen and oxygen atoms in total. The van der Waals surface area contributed by atoms with Gasteiger partial charge in [0.25, 0.3) is 5.69 Å². The molecule has 1 aliphatic rings. The molecule has 1 fully saturated rings. The molecule has 0 heterocycles. The highest BCUT2D eigenvalue weighted by molar-refractivity contribution is 5.41. The van der Waals surface area contributed by atoms with Crippen molar-refractivity contribution in [2.75, 3.05) is 13.2 Å². The fourth-order valence-electron chi connectivity index (χ4n) is 2.69. The van der Waals surface area contributed by atoms with Crippen molar-refractivity contribution in [2.45, 2.75) is 44.8 Å². The number of hydrogen-bond donors (Lipinski definition) is 1. The molecule has 0 aliphatic heterocycles. The van der Waals surface area contributed by atoms with E-state index in [-0.39, 0.29) is 16.7 Å². The average Bonchev–Trinajstić information content (AvgIpc) is 2.96. The molecule has 5 heteroatoms. The molecule has 0 bridgehead atoms. The Kier molecular flexibility index (Phi) is 5.49. The second kappa shape index (κ2) is 7.36. The smallest absolute Gasteiger partial charge is 0.274 e. The summed E-state index contributed by atoms with van der Waals surface area (Å²) in [6, 6.07) is 6.81. The summed E-state index contributed by atoms with van der Waals surface area (Å²) in [5.41, 5.74) is 0.891. The molecule has 1 aromatic carbocycles.